The maximum atomic E-state index is 5.61. The highest BCUT2D eigenvalue weighted by atomic mass is 32.1. The molecule has 4 heterocycles. The molecule has 0 radical (unpaired) electrons. The molecule has 25 heavy (non-hydrogen) atoms. The summed E-state index contributed by atoms with van der Waals surface area (Å²) in [6.45, 7) is 8.62. The highest BCUT2D eigenvalue weighted by Crippen LogP contribution is 2.07. The Morgan fingerprint density at radius 1 is 1.16 bits per heavy atom. The molecule has 0 unspecified atom stereocenters. The van der Waals surface area contributed by atoms with E-state index in [1.807, 2.05) is 35.1 Å². The minimum atomic E-state index is 0.679. The highest BCUT2D eigenvalue weighted by Gasteiger charge is 2.22. The molecule has 130 valence electrons. The van der Waals surface area contributed by atoms with Gasteiger partial charge in [0.15, 0.2) is 6.67 Å². The first-order valence-corrected chi connectivity index (χ1v) is 8.82. The van der Waals surface area contributed by atoms with Gasteiger partial charge in [0.2, 0.25) is 10.7 Å². The average Bonchev–Trinajstić information content (AvgIpc) is 2.92. The number of piperazine rings is 1. The summed E-state index contributed by atoms with van der Waals surface area (Å²) >= 11 is 5.61. The Morgan fingerprint density at radius 2 is 1.88 bits per heavy atom. The molecule has 1 N–H and O–H groups in total. The van der Waals surface area contributed by atoms with E-state index in [0.29, 0.717) is 10.5 Å². The van der Waals surface area contributed by atoms with Crippen molar-refractivity contribution in [3.8, 4) is 0 Å². The van der Waals surface area contributed by atoms with Gasteiger partial charge in [0, 0.05) is 23.8 Å². The van der Waals surface area contributed by atoms with Crippen molar-refractivity contribution in [1.82, 2.24) is 29.1 Å². The van der Waals surface area contributed by atoms with Crippen molar-refractivity contribution in [3.05, 3.63) is 40.7 Å². The number of quaternary nitrogens is 1. The van der Waals surface area contributed by atoms with E-state index in [1.165, 1.54) is 4.90 Å². The molecule has 0 bridgehead atoms. The van der Waals surface area contributed by atoms with E-state index in [4.69, 9.17) is 12.2 Å². The number of aromatic nitrogens is 6. The van der Waals surface area contributed by atoms with E-state index >= 15 is 0 Å². The maximum absolute atomic E-state index is 5.61. The zero-order valence-electron chi connectivity index (χ0n) is 14.4. The second-order valence-corrected chi connectivity index (χ2v) is 6.77. The smallest absolute Gasteiger partial charge is 0.254 e. The molecule has 4 rings (SSSR count). The second kappa shape index (κ2) is 6.49. The van der Waals surface area contributed by atoms with E-state index in [2.05, 4.69) is 25.0 Å². The minimum absolute atomic E-state index is 0.679. The predicted molar refractivity (Wildman–Crippen MR) is 96.2 cm³/mol. The van der Waals surface area contributed by atoms with E-state index in [-0.39, 0.29) is 0 Å². The summed E-state index contributed by atoms with van der Waals surface area (Å²) in [7, 11) is 0. The van der Waals surface area contributed by atoms with Crippen molar-refractivity contribution in [1.29, 1.82) is 0 Å². The third kappa shape index (κ3) is 3.12. The number of hydrogen-bond donors (Lipinski definition) is 1. The SMILES string of the molecule is Cc1cc(C)n2c(=S)n(C[NH+]3CCN(c4ncccn4)CC3)nc2n1. The molecule has 8 nitrogen and oxygen atoms in total. The summed E-state index contributed by atoms with van der Waals surface area (Å²) in [6.07, 6.45) is 3.57. The van der Waals surface area contributed by atoms with Crippen LogP contribution >= 0.6 is 12.2 Å². The fraction of sp³-hybridized carbons (Fsp3) is 0.438. The number of aryl methyl sites for hydroxylation is 2. The first kappa shape index (κ1) is 16.1. The summed E-state index contributed by atoms with van der Waals surface area (Å²) in [4.78, 5) is 16.8. The normalized spacial score (nSPS) is 15.8. The lowest BCUT2D eigenvalue weighted by atomic mass is 10.3. The molecular formula is C16H21N8S+. The van der Waals surface area contributed by atoms with Crippen LogP contribution in [0.15, 0.2) is 24.5 Å². The van der Waals surface area contributed by atoms with E-state index in [0.717, 1.165) is 50.2 Å². The highest BCUT2D eigenvalue weighted by molar-refractivity contribution is 7.71. The van der Waals surface area contributed by atoms with Gasteiger partial charge in [0.05, 0.1) is 26.2 Å². The lowest BCUT2D eigenvalue weighted by Gasteiger charge is -2.31. The van der Waals surface area contributed by atoms with E-state index in [1.54, 1.807) is 12.4 Å². The molecule has 1 saturated heterocycles. The van der Waals surface area contributed by atoms with Crippen LogP contribution in [-0.2, 0) is 6.67 Å². The lowest BCUT2D eigenvalue weighted by molar-refractivity contribution is -0.924. The van der Waals surface area contributed by atoms with Gasteiger partial charge in [-0.2, -0.15) is 4.68 Å². The molecule has 0 aliphatic carbocycles. The van der Waals surface area contributed by atoms with Crippen LogP contribution in [0.5, 0.6) is 0 Å². The van der Waals surface area contributed by atoms with Crippen molar-refractivity contribution in [2.45, 2.75) is 20.5 Å². The molecule has 0 spiro atoms. The van der Waals surface area contributed by atoms with Gasteiger partial charge in [0.25, 0.3) is 5.78 Å². The second-order valence-electron chi connectivity index (χ2n) is 6.40. The standard InChI is InChI=1S/C16H20N8S/c1-12-10-13(2)24-15(19-12)20-23(16(24)25)11-21-6-8-22(9-7-21)14-17-4-3-5-18-14/h3-5,10H,6-9,11H2,1-2H3/p+1. The van der Waals surface area contributed by atoms with Gasteiger partial charge in [-0.25, -0.2) is 15.0 Å². The molecule has 9 heteroatoms. The van der Waals surface area contributed by atoms with Crippen LogP contribution in [0, 0.1) is 18.6 Å². The van der Waals surface area contributed by atoms with Crippen LogP contribution < -0.4 is 9.80 Å². The van der Waals surface area contributed by atoms with Gasteiger partial charge in [-0.15, -0.1) is 5.10 Å². The molecule has 1 aliphatic heterocycles. The summed E-state index contributed by atoms with van der Waals surface area (Å²) < 4.78 is 4.55. The number of hydrogen-bond acceptors (Lipinski definition) is 6. The first-order valence-electron chi connectivity index (χ1n) is 8.41. The molecule has 3 aromatic heterocycles. The zero-order valence-corrected chi connectivity index (χ0v) is 15.2. The Bertz CT molecular complexity index is 940. The summed E-state index contributed by atoms with van der Waals surface area (Å²) in [5, 5.41) is 4.61. The van der Waals surface area contributed by atoms with Crippen molar-refractivity contribution in [2.75, 3.05) is 31.1 Å². The topological polar surface area (TPSA) is 68.6 Å². The fourth-order valence-corrected chi connectivity index (χ4v) is 3.62. The molecule has 0 atom stereocenters. The van der Waals surface area contributed by atoms with Gasteiger partial charge in [0.1, 0.15) is 0 Å². The third-order valence-electron chi connectivity index (χ3n) is 4.55. The summed E-state index contributed by atoms with van der Waals surface area (Å²) in [5.74, 6) is 1.49. The predicted octanol–water partition coefficient (Wildman–Crippen LogP) is 0.0297. The van der Waals surface area contributed by atoms with Crippen LogP contribution in [0.3, 0.4) is 0 Å². The molecular weight excluding hydrogens is 336 g/mol. The fourth-order valence-electron chi connectivity index (χ4n) is 3.28. The number of nitrogens with zero attached hydrogens (tertiary/aromatic N) is 7. The largest absolute Gasteiger partial charge is 0.330 e. The Kier molecular flexibility index (Phi) is 4.18. The Hall–Kier alpha value is -2.39. The number of rotatable bonds is 3. The lowest BCUT2D eigenvalue weighted by Crippen LogP contribution is -3.14. The van der Waals surface area contributed by atoms with Crippen molar-refractivity contribution in [2.24, 2.45) is 0 Å². The van der Waals surface area contributed by atoms with Crippen LogP contribution in [0.25, 0.3) is 5.78 Å². The average molecular weight is 357 g/mol. The molecule has 1 aliphatic rings. The van der Waals surface area contributed by atoms with Crippen LogP contribution in [0.2, 0.25) is 0 Å². The molecule has 0 amide bonds. The van der Waals surface area contributed by atoms with Gasteiger partial charge in [-0.1, -0.05) is 0 Å². The van der Waals surface area contributed by atoms with Crippen LogP contribution in [-0.4, -0.2) is 55.3 Å². The molecule has 0 aromatic carbocycles. The number of fused-ring (bicyclic) bond motifs is 1. The minimum Gasteiger partial charge on any atom is -0.330 e. The number of nitrogens with one attached hydrogen (secondary N) is 1. The number of anilines is 1. The van der Waals surface area contributed by atoms with Gasteiger partial charge in [-0.05, 0) is 38.2 Å². The van der Waals surface area contributed by atoms with Crippen molar-refractivity contribution >= 4 is 23.9 Å². The van der Waals surface area contributed by atoms with Crippen LogP contribution in [0.1, 0.15) is 11.4 Å². The maximum Gasteiger partial charge on any atom is 0.254 e. The van der Waals surface area contributed by atoms with Gasteiger partial charge < -0.3 is 9.80 Å². The zero-order chi connectivity index (χ0) is 17.4. The summed E-state index contributed by atoms with van der Waals surface area (Å²) in [6, 6.07) is 3.87. The van der Waals surface area contributed by atoms with E-state index in [9.17, 15) is 0 Å². The Balaban J connectivity index is 1.49. The van der Waals surface area contributed by atoms with Crippen molar-refractivity contribution in [3.63, 3.8) is 0 Å². The van der Waals surface area contributed by atoms with Crippen molar-refractivity contribution < 1.29 is 4.90 Å². The Labute approximate surface area is 150 Å². The first-order chi connectivity index (χ1) is 12.1. The molecule has 3 aromatic rings. The summed E-state index contributed by atoms with van der Waals surface area (Å²) in [5.41, 5.74) is 2.03. The molecule has 1 fully saturated rings. The molecule has 0 saturated carbocycles. The van der Waals surface area contributed by atoms with Gasteiger partial charge >= 0.3 is 0 Å². The van der Waals surface area contributed by atoms with E-state index < -0.39 is 0 Å². The monoisotopic (exact) mass is 357 g/mol. The third-order valence-corrected chi connectivity index (χ3v) is 4.94. The Morgan fingerprint density at radius 3 is 2.60 bits per heavy atom. The van der Waals surface area contributed by atoms with Gasteiger partial charge in [-0.3, -0.25) is 4.40 Å². The quantitative estimate of drug-likeness (QED) is 0.667. The van der Waals surface area contributed by atoms with Crippen LogP contribution in [0.4, 0.5) is 5.95 Å².